The van der Waals surface area contributed by atoms with Crippen molar-refractivity contribution in [2.24, 2.45) is 0 Å². The van der Waals surface area contributed by atoms with Gasteiger partial charge in [0.1, 0.15) is 5.69 Å². The quantitative estimate of drug-likeness (QED) is 0.265. The summed E-state index contributed by atoms with van der Waals surface area (Å²) >= 11 is 0. The van der Waals surface area contributed by atoms with Crippen LogP contribution in [-0.2, 0) is 11.3 Å². The zero-order valence-electron chi connectivity index (χ0n) is 16.7. The maximum atomic E-state index is 12.4. The maximum absolute atomic E-state index is 12.4. The van der Waals surface area contributed by atoms with E-state index in [0.717, 1.165) is 6.07 Å². The third-order valence-electron chi connectivity index (χ3n) is 4.72. The number of esters is 1. The summed E-state index contributed by atoms with van der Waals surface area (Å²) in [6.45, 7) is 4.90. The van der Waals surface area contributed by atoms with Gasteiger partial charge < -0.3 is 9.30 Å². The summed E-state index contributed by atoms with van der Waals surface area (Å²) in [6.07, 6.45) is 0. The van der Waals surface area contributed by atoms with Gasteiger partial charge in [0, 0.05) is 23.7 Å². The molecule has 3 aromatic rings. The molecule has 0 radical (unpaired) electrons. The van der Waals surface area contributed by atoms with Crippen LogP contribution in [0.2, 0.25) is 0 Å². The summed E-state index contributed by atoms with van der Waals surface area (Å²) in [7, 11) is 0. The zero-order valence-corrected chi connectivity index (χ0v) is 16.7. The van der Waals surface area contributed by atoms with Crippen LogP contribution >= 0.6 is 0 Å². The standard InChI is InChI=1S/C21H19N3O6/c1-4-23-17-8-7-15(9-16(17)22-13(3)20(23)26)21(27)30-11-19(25)14-6-5-12(2)18(10-14)24(28)29/h5-10H,4,11H2,1-3H3. The van der Waals surface area contributed by atoms with Gasteiger partial charge in [-0.05, 0) is 39.0 Å². The number of aryl methyl sites for hydroxylation is 3. The lowest BCUT2D eigenvalue weighted by Crippen LogP contribution is -2.23. The lowest BCUT2D eigenvalue weighted by Gasteiger charge is -2.10. The van der Waals surface area contributed by atoms with Crippen LogP contribution in [-0.4, -0.2) is 32.8 Å². The van der Waals surface area contributed by atoms with Crippen molar-refractivity contribution in [1.82, 2.24) is 9.55 Å². The van der Waals surface area contributed by atoms with Crippen molar-refractivity contribution < 1.29 is 19.2 Å². The van der Waals surface area contributed by atoms with Gasteiger partial charge in [-0.3, -0.25) is 19.7 Å². The first-order chi connectivity index (χ1) is 14.2. The van der Waals surface area contributed by atoms with Crippen LogP contribution in [0.25, 0.3) is 11.0 Å². The molecule has 0 atom stereocenters. The van der Waals surface area contributed by atoms with Gasteiger partial charge in [0.2, 0.25) is 5.78 Å². The largest absolute Gasteiger partial charge is 0.454 e. The van der Waals surface area contributed by atoms with E-state index in [1.54, 1.807) is 24.5 Å². The van der Waals surface area contributed by atoms with Gasteiger partial charge in [-0.15, -0.1) is 0 Å². The number of ether oxygens (including phenoxy) is 1. The average molecular weight is 409 g/mol. The molecule has 0 saturated carbocycles. The van der Waals surface area contributed by atoms with Crippen LogP contribution in [0.1, 0.15) is 38.9 Å². The van der Waals surface area contributed by atoms with Gasteiger partial charge in [-0.2, -0.15) is 0 Å². The summed E-state index contributed by atoms with van der Waals surface area (Å²) in [4.78, 5) is 51.5. The summed E-state index contributed by atoms with van der Waals surface area (Å²) < 4.78 is 6.64. The second-order valence-electron chi connectivity index (χ2n) is 6.71. The number of benzene rings is 2. The molecule has 0 aliphatic heterocycles. The SMILES string of the molecule is CCn1c(=O)c(C)nc2cc(C(=O)OCC(=O)c3ccc(C)c([N+](=O)[O-])c3)ccc21. The van der Waals surface area contributed by atoms with Gasteiger partial charge in [-0.1, -0.05) is 12.1 Å². The molecule has 0 bridgehead atoms. The van der Waals surface area contributed by atoms with Crippen LogP contribution in [0.3, 0.4) is 0 Å². The fourth-order valence-corrected chi connectivity index (χ4v) is 3.09. The summed E-state index contributed by atoms with van der Waals surface area (Å²) in [6, 6.07) is 8.68. The molecule has 0 aliphatic carbocycles. The maximum Gasteiger partial charge on any atom is 0.338 e. The van der Waals surface area contributed by atoms with E-state index >= 15 is 0 Å². The molecule has 0 saturated heterocycles. The Morgan fingerprint density at radius 2 is 1.83 bits per heavy atom. The number of hydrogen-bond donors (Lipinski definition) is 0. The van der Waals surface area contributed by atoms with Crippen molar-refractivity contribution in [3.63, 3.8) is 0 Å². The van der Waals surface area contributed by atoms with E-state index < -0.39 is 23.3 Å². The predicted molar refractivity (Wildman–Crippen MR) is 109 cm³/mol. The number of nitrogens with zero attached hydrogens (tertiary/aromatic N) is 3. The Morgan fingerprint density at radius 1 is 1.13 bits per heavy atom. The number of rotatable bonds is 6. The average Bonchev–Trinajstić information content (AvgIpc) is 2.72. The van der Waals surface area contributed by atoms with Crippen LogP contribution in [0.15, 0.2) is 41.2 Å². The number of ketones is 1. The minimum atomic E-state index is -0.736. The van der Waals surface area contributed by atoms with Crippen LogP contribution < -0.4 is 5.56 Å². The Balaban J connectivity index is 1.79. The molecular formula is C21H19N3O6. The monoisotopic (exact) mass is 409 g/mol. The first-order valence-electron chi connectivity index (χ1n) is 9.19. The van der Waals surface area contributed by atoms with E-state index in [0.29, 0.717) is 28.8 Å². The Bertz CT molecular complexity index is 1250. The van der Waals surface area contributed by atoms with Crippen LogP contribution in [0.4, 0.5) is 5.69 Å². The molecule has 0 spiro atoms. The van der Waals surface area contributed by atoms with Crippen molar-refractivity contribution in [2.45, 2.75) is 27.3 Å². The number of aromatic nitrogens is 2. The molecule has 0 unspecified atom stereocenters. The van der Waals surface area contributed by atoms with Crippen molar-refractivity contribution in [3.05, 3.63) is 79.3 Å². The molecular weight excluding hydrogens is 390 g/mol. The van der Waals surface area contributed by atoms with E-state index in [9.17, 15) is 24.5 Å². The van der Waals surface area contributed by atoms with Crippen LogP contribution in [0, 0.1) is 24.0 Å². The first-order valence-corrected chi connectivity index (χ1v) is 9.19. The van der Waals surface area contributed by atoms with Crippen molar-refractivity contribution in [1.29, 1.82) is 0 Å². The molecule has 154 valence electrons. The second-order valence-corrected chi connectivity index (χ2v) is 6.71. The fourth-order valence-electron chi connectivity index (χ4n) is 3.09. The number of carbonyl (C=O) groups excluding carboxylic acids is 2. The molecule has 1 aromatic heterocycles. The number of nitro groups is 1. The van der Waals surface area contributed by atoms with Gasteiger partial charge in [0.15, 0.2) is 6.61 Å². The Hall–Kier alpha value is -3.88. The molecule has 0 N–H and O–H groups in total. The highest BCUT2D eigenvalue weighted by molar-refractivity contribution is 6.00. The fraction of sp³-hybridized carbons (Fsp3) is 0.238. The first kappa shape index (κ1) is 20.8. The topological polar surface area (TPSA) is 121 Å². The molecule has 0 fully saturated rings. The van der Waals surface area contributed by atoms with Crippen molar-refractivity contribution >= 4 is 28.5 Å². The number of nitro benzene ring substituents is 1. The normalized spacial score (nSPS) is 10.8. The molecule has 1 heterocycles. The highest BCUT2D eigenvalue weighted by Gasteiger charge is 2.17. The predicted octanol–water partition coefficient (Wildman–Crippen LogP) is 2.98. The second kappa shape index (κ2) is 8.24. The molecule has 9 heteroatoms. The Kier molecular flexibility index (Phi) is 5.72. The Morgan fingerprint density at radius 3 is 2.50 bits per heavy atom. The van der Waals surface area contributed by atoms with Gasteiger partial charge in [0.05, 0.1) is 21.5 Å². The molecule has 3 rings (SSSR count). The number of fused-ring (bicyclic) bond motifs is 1. The zero-order chi connectivity index (χ0) is 22.0. The highest BCUT2D eigenvalue weighted by atomic mass is 16.6. The van der Waals surface area contributed by atoms with Gasteiger partial charge in [-0.25, -0.2) is 9.78 Å². The number of carbonyl (C=O) groups is 2. The lowest BCUT2D eigenvalue weighted by atomic mass is 10.1. The van der Waals surface area contributed by atoms with Gasteiger partial charge >= 0.3 is 5.97 Å². The summed E-state index contributed by atoms with van der Waals surface area (Å²) in [5.74, 6) is -1.29. The van der Waals surface area contributed by atoms with E-state index in [1.165, 1.54) is 24.3 Å². The van der Waals surface area contributed by atoms with E-state index in [4.69, 9.17) is 4.74 Å². The lowest BCUT2D eigenvalue weighted by molar-refractivity contribution is -0.385. The van der Waals surface area contributed by atoms with Crippen molar-refractivity contribution in [3.8, 4) is 0 Å². The molecule has 30 heavy (non-hydrogen) atoms. The highest BCUT2D eigenvalue weighted by Crippen LogP contribution is 2.20. The molecule has 0 aliphatic rings. The molecule has 0 amide bonds. The number of Topliss-reactive ketones (excluding diaryl/α,β-unsaturated/α-hetero) is 1. The molecule has 2 aromatic carbocycles. The van der Waals surface area contributed by atoms with Gasteiger partial charge in [0.25, 0.3) is 11.2 Å². The van der Waals surface area contributed by atoms with Crippen molar-refractivity contribution in [2.75, 3.05) is 6.61 Å². The summed E-state index contributed by atoms with van der Waals surface area (Å²) in [5, 5.41) is 11.0. The molecule has 9 nitrogen and oxygen atoms in total. The third kappa shape index (κ3) is 3.95. The number of hydrogen-bond acceptors (Lipinski definition) is 7. The van der Waals surface area contributed by atoms with E-state index in [1.807, 2.05) is 6.92 Å². The van der Waals surface area contributed by atoms with Crippen LogP contribution in [0.5, 0.6) is 0 Å². The third-order valence-corrected chi connectivity index (χ3v) is 4.72. The summed E-state index contributed by atoms with van der Waals surface area (Å²) in [5.41, 5.74) is 1.69. The smallest absolute Gasteiger partial charge is 0.338 e. The van der Waals surface area contributed by atoms with E-state index in [2.05, 4.69) is 4.98 Å². The Labute approximate surface area is 171 Å². The minimum absolute atomic E-state index is 0.0860. The minimum Gasteiger partial charge on any atom is -0.454 e. The van der Waals surface area contributed by atoms with E-state index in [-0.39, 0.29) is 22.4 Å².